The van der Waals surface area contributed by atoms with E-state index in [9.17, 15) is 4.79 Å². The third-order valence-corrected chi connectivity index (χ3v) is 4.23. The number of nitrogen functional groups attached to an aromatic ring is 1. The molecule has 0 aromatic carbocycles. The highest BCUT2D eigenvalue weighted by atomic mass is 16.1. The predicted molar refractivity (Wildman–Crippen MR) is 85.0 cm³/mol. The SMILES string of the molecule is CC(C)(C)c1cc(C(=O)NCC2CC2(C)C)cc(NN)n1. The van der Waals surface area contributed by atoms with Crippen molar-refractivity contribution in [2.45, 2.75) is 46.5 Å². The molecule has 0 bridgehead atoms. The van der Waals surface area contributed by atoms with Gasteiger partial charge in [-0.25, -0.2) is 10.8 Å². The molecule has 4 N–H and O–H groups in total. The number of pyridine rings is 1. The lowest BCUT2D eigenvalue weighted by Crippen LogP contribution is -2.28. The summed E-state index contributed by atoms with van der Waals surface area (Å²) < 4.78 is 0. The van der Waals surface area contributed by atoms with Crippen LogP contribution in [0.15, 0.2) is 12.1 Å². The van der Waals surface area contributed by atoms with E-state index >= 15 is 0 Å². The van der Waals surface area contributed by atoms with Crippen LogP contribution in [0, 0.1) is 11.3 Å². The average molecular weight is 290 g/mol. The fourth-order valence-electron chi connectivity index (χ4n) is 2.36. The van der Waals surface area contributed by atoms with Crippen LogP contribution in [0.2, 0.25) is 0 Å². The van der Waals surface area contributed by atoms with Crippen molar-refractivity contribution in [2.75, 3.05) is 12.0 Å². The maximum Gasteiger partial charge on any atom is 0.251 e. The maximum atomic E-state index is 12.3. The lowest BCUT2D eigenvalue weighted by molar-refractivity contribution is 0.0950. The Labute approximate surface area is 126 Å². The zero-order chi connectivity index (χ0) is 15.8. The van der Waals surface area contributed by atoms with Gasteiger partial charge in [-0.1, -0.05) is 34.6 Å². The Morgan fingerprint density at radius 2 is 2.05 bits per heavy atom. The van der Waals surface area contributed by atoms with Crippen molar-refractivity contribution in [3.05, 3.63) is 23.4 Å². The molecule has 5 nitrogen and oxygen atoms in total. The minimum Gasteiger partial charge on any atom is -0.352 e. The molecular formula is C16H26N4O. The lowest BCUT2D eigenvalue weighted by Gasteiger charge is -2.19. The van der Waals surface area contributed by atoms with Crippen LogP contribution in [0.1, 0.15) is 57.1 Å². The third-order valence-electron chi connectivity index (χ3n) is 4.23. The van der Waals surface area contributed by atoms with Gasteiger partial charge in [0.25, 0.3) is 5.91 Å². The number of nitrogens with two attached hydrogens (primary N) is 1. The first kappa shape index (κ1) is 15.8. The molecule has 116 valence electrons. The van der Waals surface area contributed by atoms with Crippen LogP contribution < -0.4 is 16.6 Å². The van der Waals surface area contributed by atoms with E-state index in [2.05, 4.69) is 50.3 Å². The van der Waals surface area contributed by atoms with Crippen LogP contribution in [0.25, 0.3) is 0 Å². The van der Waals surface area contributed by atoms with Gasteiger partial charge in [-0.3, -0.25) is 4.79 Å². The minimum atomic E-state index is -0.139. The molecule has 0 aliphatic heterocycles. The van der Waals surface area contributed by atoms with Gasteiger partial charge in [0.05, 0.1) is 0 Å². The predicted octanol–water partition coefficient (Wildman–Crippen LogP) is 2.44. The molecule has 1 aromatic heterocycles. The number of amides is 1. The van der Waals surface area contributed by atoms with Crippen molar-refractivity contribution < 1.29 is 4.79 Å². The molecule has 1 heterocycles. The summed E-state index contributed by atoms with van der Waals surface area (Å²) in [6.45, 7) is 11.4. The smallest absolute Gasteiger partial charge is 0.251 e. The van der Waals surface area contributed by atoms with Gasteiger partial charge in [-0.05, 0) is 29.9 Å². The summed E-state index contributed by atoms with van der Waals surface area (Å²) in [5.41, 5.74) is 4.20. The number of hydrogen-bond acceptors (Lipinski definition) is 4. The van der Waals surface area contributed by atoms with E-state index in [1.165, 1.54) is 6.42 Å². The van der Waals surface area contributed by atoms with Gasteiger partial charge < -0.3 is 10.7 Å². The molecule has 5 heteroatoms. The standard InChI is InChI=1S/C16H26N4O/c1-15(2,3)12-6-10(7-13(19-12)20-17)14(21)18-9-11-8-16(11,4)5/h6-7,11H,8-9,17H2,1-5H3,(H,18,21)(H,19,20). The molecule has 1 amide bonds. The molecule has 1 saturated carbocycles. The van der Waals surface area contributed by atoms with E-state index in [4.69, 9.17) is 5.84 Å². The number of hydrogen-bond donors (Lipinski definition) is 3. The zero-order valence-electron chi connectivity index (χ0n) is 13.6. The Balaban J connectivity index is 2.12. The first-order valence-corrected chi connectivity index (χ1v) is 7.41. The second-order valence-electron chi connectivity index (χ2n) is 7.62. The topological polar surface area (TPSA) is 80.0 Å². The average Bonchev–Trinajstić information content (AvgIpc) is 3.02. The van der Waals surface area contributed by atoms with Gasteiger partial charge >= 0.3 is 0 Å². The van der Waals surface area contributed by atoms with Crippen LogP contribution >= 0.6 is 0 Å². The first-order chi connectivity index (χ1) is 9.63. The Morgan fingerprint density at radius 1 is 1.43 bits per heavy atom. The lowest BCUT2D eigenvalue weighted by atomic mass is 9.90. The molecule has 1 atom stereocenters. The van der Waals surface area contributed by atoms with Gasteiger partial charge in [-0.15, -0.1) is 0 Å². The highest BCUT2D eigenvalue weighted by Crippen LogP contribution is 2.50. The van der Waals surface area contributed by atoms with E-state index in [1.54, 1.807) is 6.07 Å². The van der Waals surface area contributed by atoms with Crippen molar-refractivity contribution in [3.63, 3.8) is 0 Å². The van der Waals surface area contributed by atoms with Gasteiger partial charge in [0.15, 0.2) is 0 Å². The molecule has 1 aliphatic carbocycles. The molecule has 0 spiro atoms. The van der Waals surface area contributed by atoms with E-state index in [0.29, 0.717) is 22.7 Å². The fourth-order valence-corrected chi connectivity index (χ4v) is 2.36. The van der Waals surface area contributed by atoms with E-state index in [-0.39, 0.29) is 11.3 Å². The second kappa shape index (κ2) is 5.30. The van der Waals surface area contributed by atoms with Gasteiger partial charge in [-0.2, -0.15) is 0 Å². The van der Waals surface area contributed by atoms with Crippen molar-refractivity contribution in [1.82, 2.24) is 10.3 Å². The molecule has 1 fully saturated rings. The van der Waals surface area contributed by atoms with E-state index in [1.807, 2.05) is 6.07 Å². The Hall–Kier alpha value is -1.62. The number of rotatable bonds is 4. The number of hydrazine groups is 1. The van der Waals surface area contributed by atoms with Crippen molar-refractivity contribution in [1.29, 1.82) is 0 Å². The summed E-state index contributed by atoms with van der Waals surface area (Å²) in [4.78, 5) is 16.7. The fraction of sp³-hybridized carbons (Fsp3) is 0.625. The highest BCUT2D eigenvalue weighted by molar-refractivity contribution is 5.95. The number of aromatic nitrogens is 1. The first-order valence-electron chi connectivity index (χ1n) is 7.41. The third kappa shape index (κ3) is 3.73. The van der Waals surface area contributed by atoms with Crippen LogP contribution in [0.4, 0.5) is 5.82 Å². The van der Waals surface area contributed by atoms with Crippen molar-refractivity contribution in [3.8, 4) is 0 Å². The van der Waals surface area contributed by atoms with E-state index in [0.717, 1.165) is 12.2 Å². The number of anilines is 1. The highest BCUT2D eigenvalue weighted by Gasteiger charge is 2.45. The Morgan fingerprint density at radius 3 is 2.52 bits per heavy atom. The quantitative estimate of drug-likeness (QED) is 0.588. The van der Waals surface area contributed by atoms with Crippen molar-refractivity contribution >= 4 is 11.7 Å². The molecule has 2 rings (SSSR count). The summed E-state index contributed by atoms with van der Waals surface area (Å²) >= 11 is 0. The largest absolute Gasteiger partial charge is 0.352 e. The van der Waals surface area contributed by atoms with Crippen LogP contribution in [0.3, 0.4) is 0 Å². The summed E-state index contributed by atoms with van der Waals surface area (Å²) in [6.07, 6.45) is 1.17. The van der Waals surface area contributed by atoms with E-state index < -0.39 is 0 Å². The number of nitrogens with zero attached hydrogens (tertiary/aromatic N) is 1. The van der Waals surface area contributed by atoms with Gasteiger partial charge in [0.2, 0.25) is 0 Å². The van der Waals surface area contributed by atoms with Gasteiger partial charge in [0.1, 0.15) is 5.82 Å². The number of nitrogens with one attached hydrogen (secondary N) is 2. The van der Waals surface area contributed by atoms with Crippen LogP contribution in [-0.2, 0) is 5.41 Å². The van der Waals surface area contributed by atoms with Crippen LogP contribution in [-0.4, -0.2) is 17.4 Å². The summed E-state index contributed by atoms with van der Waals surface area (Å²) in [5.74, 6) is 6.48. The normalized spacial score (nSPS) is 20.0. The number of carbonyl (C=O) groups excluding carboxylic acids is 1. The minimum absolute atomic E-state index is 0.0675. The monoisotopic (exact) mass is 290 g/mol. The molecular weight excluding hydrogens is 264 g/mol. The summed E-state index contributed by atoms with van der Waals surface area (Å²) in [5, 5.41) is 3.01. The van der Waals surface area contributed by atoms with Crippen molar-refractivity contribution in [2.24, 2.45) is 17.2 Å². The number of carbonyl (C=O) groups is 1. The second-order valence-corrected chi connectivity index (χ2v) is 7.62. The van der Waals surface area contributed by atoms with Crippen LogP contribution in [0.5, 0.6) is 0 Å². The molecule has 21 heavy (non-hydrogen) atoms. The summed E-state index contributed by atoms with van der Waals surface area (Å²) in [6, 6.07) is 3.52. The van der Waals surface area contributed by atoms with Gasteiger partial charge in [0, 0.05) is 23.2 Å². The zero-order valence-corrected chi connectivity index (χ0v) is 13.6. The molecule has 1 aliphatic rings. The summed E-state index contributed by atoms with van der Waals surface area (Å²) in [7, 11) is 0. The Bertz CT molecular complexity index is 546. The molecule has 0 saturated heterocycles. The molecule has 1 unspecified atom stereocenters. The molecule has 1 aromatic rings. The molecule has 0 radical (unpaired) electrons. The Kier molecular flexibility index (Phi) is 3.97. The maximum absolute atomic E-state index is 12.3.